The molecule has 74 valence electrons. The zero-order valence-electron chi connectivity index (χ0n) is 8.82. The number of rotatable bonds is 0. The van der Waals surface area contributed by atoms with Gasteiger partial charge in [-0.05, 0) is 19.1 Å². The number of ketones is 1. The summed E-state index contributed by atoms with van der Waals surface area (Å²) in [6.45, 7) is 4.10. The maximum absolute atomic E-state index is 11.9. The number of carbonyl (C=O) groups is 1. The minimum absolute atomic E-state index is 0.0925. The van der Waals surface area contributed by atoms with Gasteiger partial charge in [-0.15, -0.1) is 0 Å². The van der Waals surface area contributed by atoms with E-state index in [0.717, 1.165) is 11.3 Å². The Morgan fingerprint density at radius 3 is 2.57 bits per heavy atom. The molecule has 0 N–H and O–H groups in total. The summed E-state index contributed by atoms with van der Waals surface area (Å²) in [6, 6.07) is 8.11. The second kappa shape index (κ2) is 3.12. The van der Waals surface area contributed by atoms with Crippen molar-refractivity contribution in [3.05, 3.63) is 29.8 Å². The molecule has 1 heterocycles. The highest BCUT2D eigenvalue weighted by Crippen LogP contribution is 2.31. The average Bonchev–Trinajstić information content (AvgIpc) is 2.23. The fourth-order valence-corrected chi connectivity index (χ4v) is 2.01. The zero-order valence-corrected chi connectivity index (χ0v) is 8.82. The molecule has 2 unspecified atom stereocenters. The second-order valence-corrected chi connectivity index (χ2v) is 4.02. The van der Waals surface area contributed by atoms with Gasteiger partial charge in [0.15, 0.2) is 5.78 Å². The number of carbonyl (C=O) groups excluding carboxylic acids is 1. The van der Waals surface area contributed by atoms with E-state index in [-0.39, 0.29) is 17.7 Å². The Balaban J connectivity index is 2.56. The van der Waals surface area contributed by atoms with Crippen molar-refractivity contribution in [1.82, 2.24) is 0 Å². The highest BCUT2D eigenvalue weighted by Gasteiger charge is 2.32. The number of nitrogens with zero attached hydrogens (tertiary/aromatic N) is 1. The maximum Gasteiger partial charge on any atom is 0.169 e. The predicted octanol–water partition coefficient (Wildman–Crippen LogP) is 2.34. The van der Waals surface area contributed by atoms with Gasteiger partial charge in [0.1, 0.15) is 0 Å². The van der Waals surface area contributed by atoms with Gasteiger partial charge in [-0.1, -0.05) is 19.1 Å². The van der Waals surface area contributed by atoms with Gasteiger partial charge in [-0.25, -0.2) is 0 Å². The van der Waals surface area contributed by atoms with Gasteiger partial charge >= 0.3 is 0 Å². The molecule has 2 heteroatoms. The highest BCUT2D eigenvalue weighted by atomic mass is 16.1. The molecule has 0 amide bonds. The van der Waals surface area contributed by atoms with Crippen LogP contribution in [-0.4, -0.2) is 18.9 Å². The van der Waals surface area contributed by atoms with Gasteiger partial charge < -0.3 is 4.90 Å². The summed E-state index contributed by atoms with van der Waals surface area (Å²) < 4.78 is 0. The number of hydrogen-bond donors (Lipinski definition) is 0. The molecule has 0 aromatic heterocycles. The van der Waals surface area contributed by atoms with E-state index in [4.69, 9.17) is 0 Å². The van der Waals surface area contributed by atoms with E-state index in [0.29, 0.717) is 0 Å². The minimum atomic E-state index is 0.0925. The predicted molar refractivity (Wildman–Crippen MR) is 57.8 cm³/mol. The van der Waals surface area contributed by atoms with Gasteiger partial charge in [0.25, 0.3) is 0 Å². The molecular weight excluding hydrogens is 174 g/mol. The molecule has 2 atom stereocenters. The first-order valence-electron chi connectivity index (χ1n) is 4.99. The average molecular weight is 189 g/mol. The van der Waals surface area contributed by atoms with Gasteiger partial charge in [0.05, 0.1) is 0 Å². The Bertz CT molecular complexity index is 372. The van der Waals surface area contributed by atoms with E-state index in [2.05, 4.69) is 11.8 Å². The van der Waals surface area contributed by atoms with E-state index in [9.17, 15) is 4.79 Å². The third-order valence-electron chi connectivity index (χ3n) is 3.30. The van der Waals surface area contributed by atoms with Crippen LogP contribution in [-0.2, 0) is 0 Å². The molecule has 0 saturated carbocycles. The molecule has 0 fully saturated rings. The van der Waals surface area contributed by atoms with Crippen molar-refractivity contribution in [2.45, 2.75) is 19.9 Å². The lowest BCUT2D eigenvalue weighted by Gasteiger charge is -2.37. The fourth-order valence-electron chi connectivity index (χ4n) is 2.01. The van der Waals surface area contributed by atoms with Crippen molar-refractivity contribution in [1.29, 1.82) is 0 Å². The fraction of sp³-hybridized carbons (Fsp3) is 0.417. The third kappa shape index (κ3) is 1.14. The van der Waals surface area contributed by atoms with Gasteiger partial charge in [-0.2, -0.15) is 0 Å². The standard InChI is InChI=1S/C12H15NO/c1-8-9(2)13(3)11-7-5-4-6-10(11)12(8)14/h4-9H,1-3H3. The monoisotopic (exact) mass is 189 g/mol. The third-order valence-corrected chi connectivity index (χ3v) is 3.30. The number of anilines is 1. The zero-order chi connectivity index (χ0) is 10.3. The highest BCUT2D eigenvalue weighted by molar-refractivity contribution is 6.05. The Labute approximate surface area is 84.5 Å². The van der Waals surface area contributed by atoms with Crippen molar-refractivity contribution < 1.29 is 4.79 Å². The number of para-hydroxylation sites is 1. The van der Waals surface area contributed by atoms with E-state index < -0.39 is 0 Å². The quantitative estimate of drug-likeness (QED) is 0.624. The van der Waals surface area contributed by atoms with Crippen LogP contribution in [0.5, 0.6) is 0 Å². The summed E-state index contributed by atoms with van der Waals surface area (Å²) in [7, 11) is 2.05. The van der Waals surface area contributed by atoms with Crippen LogP contribution in [0.3, 0.4) is 0 Å². The van der Waals surface area contributed by atoms with Crippen molar-refractivity contribution in [2.24, 2.45) is 5.92 Å². The summed E-state index contributed by atoms with van der Waals surface area (Å²) in [4.78, 5) is 14.1. The molecule has 1 aliphatic rings. The van der Waals surface area contributed by atoms with Gasteiger partial charge in [0.2, 0.25) is 0 Å². The molecular formula is C12H15NO. The first-order chi connectivity index (χ1) is 6.63. The van der Waals surface area contributed by atoms with Crippen LogP contribution in [0.15, 0.2) is 24.3 Å². The molecule has 0 spiro atoms. The topological polar surface area (TPSA) is 20.3 Å². The summed E-state index contributed by atoms with van der Waals surface area (Å²) in [5.74, 6) is 0.362. The van der Waals surface area contributed by atoms with Crippen molar-refractivity contribution in [2.75, 3.05) is 11.9 Å². The first kappa shape index (κ1) is 9.25. The number of hydrogen-bond acceptors (Lipinski definition) is 2. The Morgan fingerprint density at radius 2 is 1.86 bits per heavy atom. The molecule has 2 rings (SSSR count). The molecule has 1 aromatic carbocycles. The van der Waals surface area contributed by atoms with Crippen molar-refractivity contribution in [3.63, 3.8) is 0 Å². The normalized spacial score (nSPS) is 26.2. The van der Waals surface area contributed by atoms with E-state index in [1.54, 1.807) is 0 Å². The van der Waals surface area contributed by atoms with Crippen LogP contribution in [0.1, 0.15) is 24.2 Å². The smallest absolute Gasteiger partial charge is 0.169 e. The minimum Gasteiger partial charge on any atom is -0.371 e. The van der Waals surface area contributed by atoms with Crippen LogP contribution < -0.4 is 4.90 Å². The molecule has 0 bridgehead atoms. The molecule has 0 radical (unpaired) electrons. The second-order valence-electron chi connectivity index (χ2n) is 4.02. The summed E-state index contributed by atoms with van der Waals surface area (Å²) in [5.41, 5.74) is 1.92. The summed E-state index contributed by atoms with van der Waals surface area (Å²) in [6.07, 6.45) is 0. The van der Waals surface area contributed by atoms with Crippen molar-refractivity contribution in [3.8, 4) is 0 Å². The molecule has 1 aliphatic heterocycles. The van der Waals surface area contributed by atoms with Gasteiger partial charge in [0, 0.05) is 30.3 Å². The number of Topliss-reactive ketones (excluding diaryl/α,β-unsaturated/α-hetero) is 1. The number of fused-ring (bicyclic) bond motifs is 1. The van der Waals surface area contributed by atoms with Crippen LogP contribution >= 0.6 is 0 Å². The summed E-state index contributed by atoms with van der Waals surface area (Å²) >= 11 is 0. The SMILES string of the molecule is CC1C(=O)c2ccccc2N(C)C1C. The lowest BCUT2D eigenvalue weighted by Crippen LogP contribution is -2.43. The Kier molecular flexibility index (Phi) is 2.06. The summed E-state index contributed by atoms with van der Waals surface area (Å²) in [5, 5.41) is 0. The van der Waals surface area contributed by atoms with E-state index in [1.807, 2.05) is 38.2 Å². The van der Waals surface area contributed by atoms with E-state index in [1.165, 1.54) is 0 Å². The lowest BCUT2D eigenvalue weighted by atomic mass is 9.87. The molecule has 2 nitrogen and oxygen atoms in total. The Hall–Kier alpha value is -1.31. The number of benzene rings is 1. The molecule has 14 heavy (non-hydrogen) atoms. The first-order valence-corrected chi connectivity index (χ1v) is 4.99. The van der Waals surface area contributed by atoms with Crippen LogP contribution in [0.25, 0.3) is 0 Å². The largest absolute Gasteiger partial charge is 0.371 e. The maximum atomic E-state index is 11.9. The molecule has 0 aliphatic carbocycles. The van der Waals surface area contributed by atoms with Crippen LogP contribution in [0.2, 0.25) is 0 Å². The molecule has 0 saturated heterocycles. The Morgan fingerprint density at radius 1 is 1.21 bits per heavy atom. The van der Waals surface area contributed by atoms with Gasteiger partial charge in [-0.3, -0.25) is 4.79 Å². The van der Waals surface area contributed by atoms with E-state index >= 15 is 0 Å². The lowest BCUT2D eigenvalue weighted by molar-refractivity contribution is 0.0906. The van der Waals surface area contributed by atoms with Crippen LogP contribution in [0, 0.1) is 5.92 Å². The molecule has 1 aromatic rings. The van der Waals surface area contributed by atoms with Crippen LogP contribution in [0.4, 0.5) is 5.69 Å². The van der Waals surface area contributed by atoms with Crippen molar-refractivity contribution >= 4 is 11.5 Å².